The van der Waals surface area contributed by atoms with Crippen LogP contribution in [0.25, 0.3) is 0 Å². The van der Waals surface area contributed by atoms with Gasteiger partial charge in [0.15, 0.2) is 8.32 Å². The van der Waals surface area contributed by atoms with Gasteiger partial charge in [0, 0.05) is 36.3 Å². The molecule has 0 fully saturated rings. The van der Waals surface area contributed by atoms with Crippen LogP contribution >= 0.6 is 0 Å². The van der Waals surface area contributed by atoms with Crippen LogP contribution in [-0.2, 0) is 26.9 Å². The highest BCUT2D eigenvalue weighted by Crippen LogP contribution is 2.38. The van der Waals surface area contributed by atoms with Gasteiger partial charge in [-0.25, -0.2) is 0 Å². The summed E-state index contributed by atoms with van der Waals surface area (Å²) in [5, 5.41) is 0.0796. The molecule has 0 aliphatic heterocycles. The second-order valence-electron chi connectivity index (χ2n) is 9.71. The summed E-state index contributed by atoms with van der Waals surface area (Å²) in [6.07, 6.45) is 2.23. The fraction of sp³-hybridized carbons (Fsp3) is 0.762. The lowest BCUT2D eigenvalue weighted by molar-refractivity contribution is 0.0321. The van der Waals surface area contributed by atoms with Gasteiger partial charge in [0.2, 0.25) is 0 Å². The smallest absolute Gasteiger partial charge is 0.192 e. The van der Waals surface area contributed by atoms with Crippen LogP contribution < -0.4 is 4.72 Å². The molecule has 28 heavy (non-hydrogen) atoms. The summed E-state index contributed by atoms with van der Waals surface area (Å²) in [5.41, 5.74) is 0.950. The van der Waals surface area contributed by atoms with E-state index in [1.807, 2.05) is 45.9 Å². The molecule has 1 aromatic rings. The Labute approximate surface area is 176 Å². The molecule has 1 rings (SSSR count). The Bertz CT molecular complexity index is 573. The molecule has 0 aliphatic rings. The zero-order chi connectivity index (χ0) is 21.6. The molecule has 5 nitrogen and oxygen atoms in total. The first-order valence-electron chi connectivity index (χ1n) is 10.1. The molecular formula is C21H40N2O3SSi. The fourth-order valence-corrected chi connectivity index (χ4v) is 4.54. The molecule has 0 saturated carbocycles. The Morgan fingerprint density at radius 1 is 1.18 bits per heavy atom. The molecule has 0 spiro atoms. The van der Waals surface area contributed by atoms with Gasteiger partial charge in [0.1, 0.15) is 4.75 Å². The minimum Gasteiger partial charge on any atom is -0.598 e. The number of aromatic nitrogens is 1. The van der Waals surface area contributed by atoms with Crippen LogP contribution in [0.15, 0.2) is 24.4 Å². The van der Waals surface area contributed by atoms with Gasteiger partial charge in [-0.1, -0.05) is 26.8 Å². The third-order valence-corrected chi connectivity index (χ3v) is 11.3. The molecule has 7 heteroatoms. The van der Waals surface area contributed by atoms with Crippen molar-refractivity contribution in [2.45, 2.75) is 89.9 Å². The Balaban J connectivity index is 3.16. The topological polar surface area (TPSA) is 66.4 Å². The van der Waals surface area contributed by atoms with Gasteiger partial charge in [-0.3, -0.25) is 4.98 Å². The van der Waals surface area contributed by atoms with Crippen LogP contribution in [0.1, 0.15) is 54.2 Å². The van der Waals surface area contributed by atoms with E-state index in [1.54, 1.807) is 6.20 Å². The van der Waals surface area contributed by atoms with Crippen molar-refractivity contribution < 1.29 is 13.7 Å². The third kappa shape index (κ3) is 8.12. The molecule has 0 amide bonds. The highest BCUT2D eigenvalue weighted by molar-refractivity contribution is 7.90. The van der Waals surface area contributed by atoms with E-state index in [4.69, 9.17) is 9.16 Å². The molecule has 1 aromatic heterocycles. The zero-order valence-corrected chi connectivity index (χ0v) is 21.0. The summed E-state index contributed by atoms with van der Waals surface area (Å²) in [5.74, 6) is 0. The standard InChI is InChI=1S/C21H40N2O3SSi/c1-10-25-16-19(26-28(8,9)21(5,6)7)18(23-27(24)20(2,3)4)15-17-13-11-12-14-22-17/h11-14,18-19,23H,10,15-16H2,1-9H3/t18?,19?,27-/m1/s1. The SMILES string of the molecule is CCOCC(O[Si](C)(C)C(C)(C)C)C(Cc1ccccn1)N[S@+]([O-])C(C)(C)C. The van der Waals surface area contributed by atoms with E-state index >= 15 is 0 Å². The second-order valence-corrected chi connectivity index (χ2v) is 16.5. The number of ether oxygens (including phenoxy) is 1. The zero-order valence-electron chi connectivity index (χ0n) is 19.2. The molecule has 0 aromatic carbocycles. The summed E-state index contributed by atoms with van der Waals surface area (Å²) < 4.78 is 28.4. The fourth-order valence-electron chi connectivity index (χ4n) is 2.33. The second kappa shape index (κ2) is 10.5. The molecule has 1 N–H and O–H groups in total. The minimum atomic E-state index is -2.03. The van der Waals surface area contributed by atoms with Crippen molar-refractivity contribution in [3.8, 4) is 0 Å². The molecule has 0 radical (unpaired) electrons. The highest BCUT2D eigenvalue weighted by Gasteiger charge is 2.42. The third-order valence-electron chi connectivity index (χ3n) is 5.16. The van der Waals surface area contributed by atoms with E-state index in [2.05, 4.69) is 43.6 Å². The van der Waals surface area contributed by atoms with E-state index in [1.165, 1.54) is 0 Å². The first-order valence-corrected chi connectivity index (χ1v) is 14.2. The predicted molar refractivity (Wildman–Crippen MR) is 121 cm³/mol. The van der Waals surface area contributed by atoms with Crippen LogP contribution in [0.3, 0.4) is 0 Å². The van der Waals surface area contributed by atoms with Gasteiger partial charge in [0.25, 0.3) is 0 Å². The van der Waals surface area contributed by atoms with Crippen LogP contribution in [0.4, 0.5) is 0 Å². The van der Waals surface area contributed by atoms with Gasteiger partial charge in [-0.2, -0.15) is 0 Å². The molecule has 0 bridgehead atoms. The van der Waals surface area contributed by atoms with E-state index < -0.39 is 19.7 Å². The Morgan fingerprint density at radius 2 is 1.82 bits per heavy atom. The molecule has 2 unspecified atom stereocenters. The van der Waals surface area contributed by atoms with Gasteiger partial charge >= 0.3 is 0 Å². The lowest BCUT2D eigenvalue weighted by atomic mass is 10.1. The summed E-state index contributed by atoms with van der Waals surface area (Å²) in [6, 6.07) is 5.73. The Kier molecular flexibility index (Phi) is 9.64. The molecule has 0 aliphatic carbocycles. The number of nitrogens with zero attached hydrogens (tertiary/aromatic N) is 1. The van der Waals surface area contributed by atoms with Crippen molar-refractivity contribution in [2.24, 2.45) is 0 Å². The minimum absolute atomic E-state index is 0.0796. The van der Waals surface area contributed by atoms with Crippen LogP contribution in [0.2, 0.25) is 18.1 Å². The van der Waals surface area contributed by atoms with Gasteiger partial charge < -0.3 is 13.7 Å². The summed E-state index contributed by atoms with van der Waals surface area (Å²) >= 11 is -1.21. The van der Waals surface area contributed by atoms with E-state index in [0.29, 0.717) is 19.6 Å². The number of pyridine rings is 1. The molecule has 3 atom stereocenters. The number of hydrogen-bond donors (Lipinski definition) is 1. The largest absolute Gasteiger partial charge is 0.598 e. The normalized spacial score (nSPS) is 16.6. The average molecular weight is 429 g/mol. The molecule has 1 heterocycles. The summed E-state index contributed by atoms with van der Waals surface area (Å²) in [4.78, 5) is 4.47. The monoisotopic (exact) mass is 428 g/mol. The first kappa shape index (κ1) is 25.6. The Hall–Kier alpha value is -0.443. The lowest BCUT2D eigenvalue weighted by Crippen LogP contribution is -2.56. The number of rotatable bonds is 10. The maximum absolute atomic E-state index is 12.9. The molecule has 0 saturated heterocycles. The van der Waals surface area contributed by atoms with E-state index in [-0.39, 0.29) is 21.9 Å². The number of hydrogen-bond acceptors (Lipinski definition) is 5. The van der Waals surface area contributed by atoms with Gasteiger partial charge in [0.05, 0.1) is 18.8 Å². The van der Waals surface area contributed by atoms with Crippen LogP contribution in [0.5, 0.6) is 0 Å². The molecular weight excluding hydrogens is 388 g/mol. The summed E-state index contributed by atoms with van der Waals surface area (Å²) in [6.45, 7) is 20.2. The average Bonchev–Trinajstić information content (AvgIpc) is 2.57. The first-order chi connectivity index (χ1) is 12.8. The van der Waals surface area contributed by atoms with E-state index in [9.17, 15) is 4.55 Å². The van der Waals surface area contributed by atoms with Crippen molar-refractivity contribution in [3.63, 3.8) is 0 Å². The Morgan fingerprint density at radius 3 is 2.29 bits per heavy atom. The quantitative estimate of drug-likeness (QED) is 0.440. The van der Waals surface area contributed by atoms with Crippen LogP contribution in [-0.4, -0.2) is 48.0 Å². The maximum Gasteiger partial charge on any atom is 0.192 e. The van der Waals surface area contributed by atoms with Crippen molar-refractivity contribution in [3.05, 3.63) is 30.1 Å². The van der Waals surface area contributed by atoms with Crippen molar-refractivity contribution >= 4 is 19.7 Å². The van der Waals surface area contributed by atoms with Crippen molar-refractivity contribution in [1.82, 2.24) is 9.71 Å². The van der Waals surface area contributed by atoms with E-state index in [0.717, 1.165) is 5.69 Å². The highest BCUT2D eigenvalue weighted by atomic mass is 32.2. The maximum atomic E-state index is 12.9. The van der Waals surface area contributed by atoms with Crippen molar-refractivity contribution in [2.75, 3.05) is 13.2 Å². The van der Waals surface area contributed by atoms with Crippen molar-refractivity contribution in [1.29, 1.82) is 0 Å². The number of nitrogens with one attached hydrogen (secondary N) is 1. The van der Waals surface area contributed by atoms with Gasteiger partial charge in [-0.05, 0) is 58.0 Å². The lowest BCUT2D eigenvalue weighted by Gasteiger charge is -2.41. The van der Waals surface area contributed by atoms with Gasteiger partial charge in [-0.15, -0.1) is 4.72 Å². The molecule has 162 valence electrons. The predicted octanol–water partition coefficient (Wildman–Crippen LogP) is 4.47. The van der Waals surface area contributed by atoms with Crippen LogP contribution in [0, 0.1) is 0 Å². The summed E-state index contributed by atoms with van der Waals surface area (Å²) in [7, 11) is -2.03.